The highest BCUT2D eigenvalue weighted by molar-refractivity contribution is 8.14. The Morgan fingerprint density at radius 3 is 2.34 bits per heavy atom. The Hall–Kier alpha value is -3.79. The average molecular weight is 449 g/mol. The molecule has 0 unspecified atom stereocenters. The van der Waals surface area contributed by atoms with E-state index in [0.717, 1.165) is 17.3 Å². The molecule has 1 amide bonds. The molecule has 0 bridgehead atoms. The molecule has 1 aromatic heterocycles. The predicted octanol–water partition coefficient (Wildman–Crippen LogP) is 4.72. The predicted molar refractivity (Wildman–Crippen MR) is 122 cm³/mol. The fourth-order valence-corrected chi connectivity index (χ4v) is 4.29. The largest absolute Gasteiger partial charge is 0.274 e. The molecule has 2 heterocycles. The fourth-order valence-electron chi connectivity index (χ4n) is 3.24. The number of benzene rings is 2. The number of hydrazone groups is 1. The second-order valence-electron chi connectivity index (χ2n) is 6.89. The van der Waals surface area contributed by atoms with E-state index in [1.807, 2.05) is 30.3 Å². The summed E-state index contributed by atoms with van der Waals surface area (Å²) in [6.45, 7) is 3.46. The van der Waals surface area contributed by atoms with Crippen LogP contribution in [-0.4, -0.2) is 31.3 Å². The topological polar surface area (TPSA) is 111 Å². The highest BCUT2D eigenvalue weighted by Crippen LogP contribution is 2.41. The number of nitro benzene ring substituents is 1. The molecule has 0 atom stereocenters. The number of hydrogen-bond acceptors (Lipinski definition) is 7. The Labute approximate surface area is 187 Å². The molecule has 4 rings (SSSR count). The van der Waals surface area contributed by atoms with Crippen molar-refractivity contribution in [3.05, 3.63) is 70.3 Å². The van der Waals surface area contributed by atoms with Crippen LogP contribution in [0.5, 0.6) is 0 Å². The maximum Gasteiger partial charge on any atom is 0.270 e. The van der Waals surface area contributed by atoms with Crippen LogP contribution in [0.3, 0.4) is 0 Å². The molecule has 0 saturated heterocycles. The summed E-state index contributed by atoms with van der Waals surface area (Å²) in [6, 6.07) is 15.2. The molecule has 2 aromatic carbocycles. The number of anilines is 1. The van der Waals surface area contributed by atoms with Crippen LogP contribution in [0.4, 0.5) is 11.5 Å². The average Bonchev–Trinajstić information content (AvgIpc) is 3.22. The minimum absolute atomic E-state index is 0.0897. The van der Waals surface area contributed by atoms with Gasteiger partial charge in [0.05, 0.1) is 4.92 Å². The van der Waals surface area contributed by atoms with Crippen molar-refractivity contribution < 1.29 is 14.5 Å². The highest BCUT2D eigenvalue weighted by Gasteiger charge is 2.34. The molecule has 0 saturated carbocycles. The number of amides is 1. The van der Waals surface area contributed by atoms with Gasteiger partial charge in [0.25, 0.3) is 5.69 Å². The number of hydrogen-bond donors (Lipinski definition) is 0. The van der Waals surface area contributed by atoms with Crippen LogP contribution >= 0.6 is 11.8 Å². The summed E-state index contributed by atoms with van der Waals surface area (Å²) in [4.78, 5) is 41.1. The number of carbonyl (C=O) groups is 2. The van der Waals surface area contributed by atoms with E-state index in [1.54, 1.807) is 26.0 Å². The van der Waals surface area contributed by atoms with Gasteiger partial charge in [0.1, 0.15) is 15.9 Å². The van der Waals surface area contributed by atoms with Crippen LogP contribution in [-0.2, 0) is 4.79 Å². The van der Waals surface area contributed by atoms with E-state index in [0.29, 0.717) is 21.5 Å². The summed E-state index contributed by atoms with van der Waals surface area (Å²) < 4.78 is 1.50. The van der Waals surface area contributed by atoms with Crippen molar-refractivity contribution in [1.82, 2.24) is 9.55 Å². The Kier molecular flexibility index (Phi) is 5.87. The van der Waals surface area contributed by atoms with Gasteiger partial charge in [-0.3, -0.25) is 24.3 Å². The third kappa shape index (κ3) is 3.80. The lowest BCUT2D eigenvalue weighted by Gasteiger charge is -2.22. The summed E-state index contributed by atoms with van der Waals surface area (Å²) in [5, 5.41) is 17.7. The zero-order valence-corrected chi connectivity index (χ0v) is 18.2. The van der Waals surface area contributed by atoms with E-state index in [4.69, 9.17) is 0 Å². The van der Waals surface area contributed by atoms with Crippen molar-refractivity contribution in [2.45, 2.75) is 31.7 Å². The molecule has 9 nitrogen and oxygen atoms in total. The number of nitro groups is 1. The lowest BCUT2D eigenvalue weighted by atomic mass is 10.2. The second kappa shape index (κ2) is 8.75. The van der Waals surface area contributed by atoms with Crippen molar-refractivity contribution in [3.8, 4) is 11.4 Å². The molecule has 0 spiro atoms. The Balaban J connectivity index is 1.92. The maximum atomic E-state index is 13.0. The number of fused-ring (bicyclic) bond motifs is 1. The zero-order valence-electron chi connectivity index (χ0n) is 17.4. The summed E-state index contributed by atoms with van der Waals surface area (Å²) in [5.74, 6) is 0.202. The minimum atomic E-state index is -0.490. The van der Waals surface area contributed by atoms with Gasteiger partial charge in [-0.2, -0.15) is 10.1 Å². The molecule has 1 aliphatic rings. The van der Waals surface area contributed by atoms with E-state index in [2.05, 4.69) is 10.1 Å². The van der Waals surface area contributed by atoms with E-state index < -0.39 is 4.92 Å². The van der Waals surface area contributed by atoms with Gasteiger partial charge < -0.3 is 0 Å². The number of aromatic nitrogens is 2. The lowest BCUT2D eigenvalue weighted by molar-refractivity contribution is -0.384. The molecular weight excluding hydrogens is 430 g/mol. The first-order valence-electron chi connectivity index (χ1n) is 10.00. The van der Waals surface area contributed by atoms with Gasteiger partial charge in [0.2, 0.25) is 11.8 Å². The third-order valence-electron chi connectivity index (χ3n) is 4.83. The maximum absolute atomic E-state index is 13.0. The minimum Gasteiger partial charge on any atom is -0.274 e. The van der Waals surface area contributed by atoms with Crippen molar-refractivity contribution in [1.29, 1.82) is 0 Å². The van der Waals surface area contributed by atoms with Crippen LogP contribution in [0.2, 0.25) is 0 Å². The second-order valence-corrected chi connectivity index (χ2v) is 7.86. The number of thioether (sulfide) groups is 1. The Bertz CT molecular complexity index is 1250. The molecule has 0 radical (unpaired) electrons. The van der Waals surface area contributed by atoms with E-state index >= 15 is 0 Å². The molecular formula is C22H19N5O4S. The first kappa shape index (κ1) is 21.4. The van der Waals surface area contributed by atoms with Crippen molar-refractivity contribution >= 4 is 40.1 Å². The van der Waals surface area contributed by atoms with Gasteiger partial charge >= 0.3 is 0 Å². The molecule has 10 heteroatoms. The van der Waals surface area contributed by atoms with Gasteiger partial charge in [-0.05, 0) is 11.8 Å². The van der Waals surface area contributed by atoms with Crippen molar-refractivity contribution in [2.24, 2.45) is 5.10 Å². The normalized spacial score (nSPS) is 12.8. The molecule has 32 heavy (non-hydrogen) atoms. The monoisotopic (exact) mass is 449 g/mol. The summed E-state index contributed by atoms with van der Waals surface area (Å²) in [6.07, 6.45) is 0.402. The summed E-state index contributed by atoms with van der Waals surface area (Å²) in [5.41, 5.74) is 1.11. The van der Waals surface area contributed by atoms with Crippen molar-refractivity contribution in [2.75, 3.05) is 5.01 Å². The number of non-ortho nitro benzene ring substituents is 1. The van der Waals surface area contributed by atoms with Crippen LogP contribution in [0, 0.1) is 10.1 Å². The van der Waals surface area contributed by atoms with E-state index in [-0.39, 0.29) is 36.2 Å². The van der Waals surface area contributed by atoms with Crippen LogP contribution in [0.1, 0.15) is 37.0 Å². The van der Waals surface area contributed by atoms with E-state index in [9.17, 15) is 19.7 Å². The first-order valence-corrected chi connectivity index (χ1v) is 10.8. The van der Waals surface area contributed by atoms with E-state index in [1.165, 1.54) is 21.7 Å². The van der Waals surface area contributed by atoms with Gasteiger partial charge in [-0.25, -0.2) is 4.98 Å². The fraction of sp³-hybridized carbons (Fsp3) is 0.182. The Morgan fingerprint density at radius 2 is 1.69 bits per heavy atom. The Morgan fingerprint density at radius 1 is 1.00 bits per heavy atom. The van der Waals surface area contributed by atoms with Crippen molar-refractivity contribution in [3.63, 3.8) is 0 Å². The lowest BCUT2D eigenvalue weighted by Crippen LogP contribution is -2.29. The number of imidazole rings is 1. The van der Waals surface area contributed by atoms with Crippen LogP contribution in [0.25, 0.3) is 11.4 Å². The molecule has 1 aliphatic heterocycles. The quantitative estimate of drug-likeness (QED) is 0.412. The van der Waals surface area contributed by atoms with Gasteiger partial charge in [0, 0.05) is 36.1 Å². The summed E-state index contributed by atoms with van der Waals surface area (Å²) in [7, 11) is 0. The molecule has 0 fully saturated rings. The van der Waals surface area contributed by atoms with Crippen LogP contribution < -0.4 is 5.01 Å². The number of nitrogens with zero attached hydrogens (tertiary/aromatic N) is 5. The SMILES string of the molecule is CCC(=O)N1N=C(c2cccc([N+](=O)[O-])c2)Sc2c1nc(-c1ccccc1)n2C(=O)CC. The highest BCUT2D eigenvalue weighted by atomic mass is 32.2. The van der Waals surface area contributed by atoms with Gasteiger partial charge in [-0.15, -0.1) is 0 Å². The third-order valence-corrected chi connectivity index (χ3v) is 5.90. The molecule has 3 aromatic rings. The molecule has 162 valence electrons. The van der Waals surface area contributed by atoms with Gasteiger partial charge in [-0.1, -0.05) is 56.3 Å². The molecule has 0 N–H and O–H groups in total. The number of carbonyl (C=O) groups excluding carboxylic acids is 2. The van der Waals surface area contributed by atoms with Crippen LogP contribution in [0.15, 0.2) is 64.7 Å². The first-order chi connectivity index (χ1) is 15.4. The smallest absolute Gasteiger partial charge is 0.270 e. The number of rotatable bonds is 5. The van der Waals surface area contributed by atoms with Gasteiger partial charge in [0.15, 0.2) is 5.82 Å². The molecule has 0 aliphatic carbocycles. The standard InChI is InChI=1S/C22H19N5O4S/c1-3-17(28)25-19(14-9-6-5-7-10-14)23-20-22(25)32-21(24-26(20)18(29)4-2)15-11-8-12-16(13-15)27(30)31/h5-13H,3-4H2,1-2H3. The zero-order chi connectivity index (χ0) is 22.8. The summed E-state index contributed by atoms with van der Waals surface area (Å²) >= 11 is 1.16.